The summed E-state index contributed by atoms with van der Waals surface area (Å²) in [5, 5.41) is 0. The summed E-state index contributed by atoms with van der Waals surface area (Å²) in [5.74, 6) is 0.269. The number of alkyl halides is 7. The predicted octanol–water partition coefficient (Wildman–Crippen LogP) is 7.25. The molecule has 1 saturated heterocycles. The van der Waals surface area contributed by atoms with Crippen molar-refractivity contribution in [3.8, 4) is 0 Å². The zero-order chi connectivity index (χ0) is 23.4. The molecule has 1 heterocycles. The molecule has 0 aromatic heterocycles. The van der Waals surface area contributed by atoms with E-state index in [1.165, 1.54) is 0 Å². The molecule has 32 heavy (non-hydrogen) atoms. The van der Waals surface area contributed by atoms with Gasteiger partial charge in [-0.3, -0.25) is 0 Å². The van der Waals surface area contributed by atoms with Crippen molar-refractivity contribution >= 4 is 22.6 Å². The van der Waals surface area contributed by atoms with E-state index in [4.69, 9.17) is 9.47 Å². The lowest BCUT2D eigenvalue weighted by Gasteiger charge is -2.38. The highest BCUT2D eigenvalue weighted by atomic mass is 127. The molecule has 3 atom stereocenters. The van der Waals surface area contributed by atoms with Crippen molar-refractivity contribution in [3.05, 3.63) is 70.8 Å². The summed E-state index contributed by atoms with van der Waals surface area (Å²) in [7, 11) is 0. The fraction of sp³-hybridized carbons (Fsp3) is 0.478. The Morgan fingerprint density at radius 2 is 1.56 bits per heavy atom. The number of hydrogen-bond acceptors (Lipinski definition) is 2. The summed E-state index contributed by atoms with van der Waals surface area (Å²) in [4.78, 5) is 0. The number of halogens is 7. The van der Waals surface area contributed by atoms with Gasteiger partial charge in [-0.15, -0.1) is 0 Å². The van der Waals surface area contributed by atoms with Crippen LogP contribution in [-0.4, -0.2) is 23.9 Å². The Bertz CT molecular complexity index is 835. The van der Waals surface area contributed by atoms with E-state index in [1.807, 2.05) is 30.3 Å². The molecule has 3 rings (SSSR count). The Hall–Kier alpha value is -1.33. The van der Waals surface area contributed by atoms with Crippen LogP contribution in [0.2, 0.25) is 0 Å². The first-order valence-electron chi connectivity index (χ1n) is 10.2. The van der Waals surface area contributed by atoms with Crippen molar-refractivity contribution in [3.63, 3.8) is 0 Å². The van der Waals surface area contributed by atoms with Gasteiger partial charge in [-0.25, -0.2) is 0 Å². The van der Waals surface area contributed by atoms with Crippen LogP contribution in [0.3, 0.4) is 0 Å². The van der Waals surface area contributed by atoms with Gasteiger partial charge in [0.1, 0.15) is 0 Å². The van der Waals surface area contributed by atoms with Gasteiger partial charge in [-0.1, -0.05) is 52.9 Å². The summed E-state index contributed by atoms with van der Waals surface area (Å²) in [6.45, 7) is 0.445. The first-order valence-corrected chi connectivity index (χ1v) is 11.7. The molecule has 176 valence electrons. The van der Waals surface area contributed by atoms with Crippen LogP contribution in [0, 0.1) is 5.92 Å². The first kappa shape index (κ1) is 25.3. The number of rotatable bonds is 7. The van der Waals surface area contributed by atoms with Crippen molar-refractivity contribution < 1.29 is 35.8 Å². The summed E-state index contributed by atoms with van der Waals surface area (Å²) >= 11 is 2.32. The van der Waals surface area contributed by atoms with Crippen LogP contribution < -0.4 is 0 Å². The maximum atomic E-state index is 13.1. The van der Waals surface area contributed by atoms with Gasteiger partial charge >= 0.3 is 12.4 Å². The maximum Gasteiger partial charge on any atom is 0.416 e. The van der Waals surface area contributed by atoms with Gasteiger partial charge in [0.25, 0.3) is 0 Å². The molecular weight excluding hydrogens is 549 g/mol. The maximum absolute atomic E-state index is 13.1. The minimum atomic E-state index is -4.87. The zero-order valence-electron chi connectivity index (χ0n) is 17.1. The smallest absolute Gasteiger partial charge is 0.352 e. The molecule has 0 amide bonds. The average Bonchev–Trinajstić information content (AvgIpc) is 2.73. The Kier molecular flexibility index (Phi) is 8.48. The first-order chi connectivity index (χ1) is 15.1. The predicted molar refractivity (Wildman–Crippen MR) is 117 cm³/mol. The highest BCUT2D eigenvalue weighted by Crippen LogP contribution is 2.39. The Labute approximate surface area is 196 Å². The summed E-state index contributed by atoms with van der Waals surface area (Å²) in [5.41, 5.74) is -1.67. The lowest BCUT2D eigenvalue weighted by atomic mass is 9.80. The van der Waals surface area contributed by atoms with Crippen LogP contribution in [0.15, 0.2) is 48.5 Å². The Balaban J connectivity index is 1.75. The quantitative estimate of drug-likeness (QED) is 0.198. The van der Waals surface area contributed by atoms with Gasteiger partial charge in [0.05, 0.1) is 24.3 Å². The second-order valence-electron chi connectivity index (χ2n) is 7.74. The minimum Gasteiger partial charge on any atom is -0.352 e. The third-order valence-electron chi connectivity index (χ3n) is 5.56. The molecule has 0 aliphatic carbocycles. The van der Waals surface area contributed by atoms with E-state index >= 15 is 0 Å². The lowest BCUT2D eigenvalue weighted by molar-refractivity contribution is -0.187. The molecule has 1 aliphatic heterocycles. The zero-order valence-corrected chi connectivity index (χ0v) is 19.2. The molecule has 0 N–H and O–H groups in total. The van der Waals surface area contributed by atoms with E-state index in [-0.39, 0.29) is 30.6 Å². The molecule has 2 aromatic carbocycles. The second kappa shape index (κ2) is 10.7. The minimum absolute atomic E-state index is 0.0491. The van der Waals surface area contributed by atoms with E-state index < -0.39 is 29.8 Å². The van der Waals surface area contributed by atoms with Crippen molar-refractivity contribution in [2.24, 2.45) is 5.92 Å². The normalized spacial score (nSPS) is 22.2. The summed E-state index contributed by atoms with van der Waals surface area (Å²) in [6.07, 6.45) is -8.60. The van der Waals surface area contributed by atoms with E-state index in [0.29, 0.717) is 12.5 Å². The lowest BCUT2D eigenvalue weighted by Crippen LogP contribution is -2.37. The van der Waals surface area contributed by atoms with E-state index in [0.717, 1.165) is 35.0 Å². The molecule has 0 radical (unpaired) electrons. The fourth-order valence-electron chi connectivity index (χ4n) is 4.02. The van der Waals surface area contributed by atoms with Crippen molar-refractivity contribution in [2.45, 2.75) is 43.8 Å². The van der Waals surface area contributed by atoms with Crippen LogP contribution in [0.5, 0.6) is 0 Å². The molecule has 0 saturated carbocycles. The molecule has 0 unspecified atom stereocenters. The summed E-state index contributed by atoms with van der Waals surface area (Å²) < 4.78 is 91.2. The van der Waals surface area contributed by atoms with Crippen molar-refractivity contribution in [2.75, 3.05) is 17.6 Å². The molecule has 2 nitrogen and oxygen atoms in total. The third kappa shape index (κ3) is 6.60. The Morgan fingerprint density at radius 3 is 2.12 bits per heavy atom. The van der Waals surface area contributed by atoms with Crippen LogP contribution in [-0.2, 0) is 28.2 Å². The van der Waals surface area contributed by atoms with Crippen molar-refractivity contribution in [1.29, 1.82) is 0 Å². The van der Waals surface area contributed by atoms with Gasteiger partial charge in [0.2, 0.25) is 0 Å². The van der Waals surface area contributed by atoms with Crippen LogP contribution in [0.25, 0.3) is 0 Å². The number of ether oxygens (including phenoxy) is 2. The second-order valence-corrected chi connectivity index (χ2v) is 8.82. The molecular formula is C23H23F6IO2. The van der Waals surface area contributed by atoms with Crippen LogP contribution >= 0.6 is 22.6 Å². The van der Waals surface area contributed by atoms with Crippen molar-refractivity contribution in [1.82, 2.24) is 0 Å². The highest BCUT2D eigenvalue weighted by Gasteiger charge is 2.38. The van der Waals surface area contributed by atoms with Gasteiger partial charge in [0, 0.05) is 5.92 Å². The van der Waals surface area contributed by atoms with Gasteiger partial charge in [0.15, 0.2) is 6.29 Å². The molecule has 1 fully saturated rings. The van der Waals surface area contributed by atoms with Gasteiger partial charge < -0.3 is 9.47 Å². The van der Waals surface area contributed by atoms with Crippen LogP contribution in [0.1, 0.15) is 41.0 Å². The topological polar surface area (TPSA) is 18.5 Å². The largest absolute Gasteiger partial charge is 0.416 e. The third-order valence-corrected chi connectivity index (χ3v) is 6.18. The molecule has 2 aromatic rings. The summed E-state index contributed by atoms with van der Waals surface area (Å²) in [6, 6.07) is 11.3. The molecule has 9 heteroatoms. The highest BCUT2D eigenvalue weighted by molar-refractivity contribution is 14.1. The monoisotopic (exact) mass is 572 g/mol. The Morgan fingerprint density at radius 1 is 0.938 bits per heavy atom. The fourth-order valence-corrected chi connectivity index (χ4v) is 4.82. The molecule has 0 bridgehead atoms. The van der Waals surface area contributed by atoms with E-state index in [2.05, 4.69) is 22.6 Å². The van der Waals surface area contributed by atoms with E-state index in [1.54, 1.807) is 0 Å². The van der Waals surface area contributed by atoms with Gasteiger partial charge in [-0.05, 0) is 58.9 Å². The molecule has 0 spiro atoms. The van der Waals surface area contributed by atoms with Gasteiger partial charge in [-0.2, -0.15) is 26.3 Å². The van der Waals surface area contributed by atoms with Crippen LogP contribution in [0.4, 0.5) is 26.3 Å². The number of hydrogen-bond donors (Lipinski definition) is 0. The van der Waals surface area contributed by atoms with E-state index in [9.17, 15) is 26.3 Å². The number of benzene rings is 2. The SMILES string of the molecule is FC(F)(F)c1cc(CCO[C@H]2OCC[C@@H](CCI)[C@@H]2c2ccccc2)cc(C(F)(F)F)c1. The molecule has 1 aliphatic rings. The average molecular weight is 572 g/mol. The standard InChI is InChI=1S/C23H23F6IO2/c24-22(25,26)18-12-15(13-19(14-18)23(27,28)29)7-10-31-21-20(16-4-2-1-3-5-16)17(6-9-30)8-11-32-21/h1-5,12-14,17,20-21H,6-11H2/t17-,20+,21+/m1/s1.